The zero-order chi connectivity index (χ0) is 19.3. The van der Waals surface area contributed by atoms with Crippen LogP contribution in [-0.4, -0.2) is 32.5 Å². The lowest BCUT2D eigenvalue weighted by molar-refractivity contribution is 0.115. The summed E-state index contributed by atoms with van der Waals surface area (Å²) in [5, 5.41) is 1.14. The molecule has 2 bridgehead atoms. The van der Waals surface area contributed by atoms with Gasteiger partial charge in [0, 0.05) is 60.5 Å². The van der Waals surface area contributed by atoms with Crippen molar-refractivity contribution in [2.24, 2.45) is 5.92 Å². The molecule has 0 saturated carbocycles. The zero-order valence-electron chi connectivity index (χ0n) is 16.3. The van der Waals surface area contributed by atoms with E-state index in [1.54, 1.807) is 12.3 Å². The largest absolute Gasteiger partial charge is 0.312 e. The molecule has 0 aliphatic carbocycles. The Morgan fingerprint density at radius 2 is 2.07 bits per heavy atom. The minimum atomic E-state index is 0.107. The highest BCUT2D eigenvalue weighted by Crippen LogP contribution is 2.37. The van der Waals surface area contributed by atoms with Crippen LogP contribution in [0.3, 0.4) is 0 Å². The molecule has 2 atom stereocenters. The molecule has 6 heteroatoms. The third kappa shape index (κ3) is 3.20. The maximum Gasteiger partial charge on any atom is 0.251 e. The van der Waals surface area contributed by atoms with Crippen LogP contribution in [0.5, 0.6) is 0 Å². The second-order valence-corrected chi connectivity index (χ2v) is 9.35. The molecule has 5 heterocycles. The first kappa shape index (κ1) is 17.8. The van der Waals surface area contributed by atoms with E-state index in [4.69, 9.17) is 0 Å². The Bertz CT molecular complexity index is 1070. The van der Waals surface area contributed by atoms with E-state index in [1.165, 1.54) is 17.0 Å². The molecule has 28 heavy (non-hydrogen) atoms. The van der Waals surface area contributed by atoms with Crippen molar-refractivity contribution in [3.8, 4) is 11.3 Å². The molecule has 2 aliphatic heterocycles. The zero-order valence-corrected chi connectivity index (χ0v) is 17.1. The lowest BCUT2D eigenvalue weighted by Gasteiger charge is -2.42. The van der Waals surface area contributed by atoms with Gasteiger partial charge in [-0.2, -0.15) is 0 Å². The number of aryl methyl sites for hydroxylation is 2. The Labute approximate surface area is 168 Å². The molecule has 0 radical (unpaired) electrons. The van der Waals surface area contributed by atoms with Gasteiger partial charge >= 0.3 is 0 Å². The van der Waals surface area contributed by atoms with Crippen molar-refractivity contribution in [3.63, 3.8) is 0 Å². The summed E-state index contributed by atoms with van der Waals surface area (Å²) in [7, 11) is 0. The average molecular weight is 393 g/mol. The lowest BCUT2D eigenvalue weighted by Crippen LogP contribution is -2.46. The number of fused-ring (bicyclic) bond motifs is 4. The number of nitrogens with zero attached hydrogens (tertiary/aromatic N) is 4. The van der Waals surface area contributed by atoms with E-state index in [-0.39, 0.29) is 5.56 Å². The average Bonchev–Trinajstić information content (AvgIpc) is 3.00. The molecular weight excluding hydrogens is 368 g/mol. The highest BCUT2D eigenvalue weighted by Gasteiger charge is 2.35. The summed E-state index contributed by atoms with van der Waals surface area (Å²) in [5.74, 6) is 0.942. The van der Waals surface area contributed by atoms with Crippen LogP contribution in [0.15, 0.2) is 41.3 Å². The second-order valence-electron chi connectivity index (χ2n) is 8.07. The van der Waals surface area contributed by atoms with Crippen LogP contribution in [0, 0.1) is 19.8 Å². The standard InChI is InChI=1S/C22H24N4OS/c1-14-21(28-15(2)24-14)13-25-10-16-7-18(12-25)20-8-17(9-22(27)26(20)11-16)19-5-3-4-6-23-19/h3-6,8-9,16,18H,7,10-13H2,1-2H3/t16-,18+/m0/s1. The number of aromatic nitrogens is 3. The van der Waals surface area contributed by atoms with E-state index in [0.29, 0.717) is 11.8 Å². The van der Waals surface area contributed by atoms with Crippen LogP contribution < -0.4 is 5.56 Å². The summed E-state index contributed by atoms with van der Waals surface area (Å²) in [5.41, 5.74) is 4.24. The van der Waals surface area contributed by atoms with Gasteiger partial charge in [0.25, 0.3) is 5.56 Å². The van der Waals surface area contributed by atoms with Gasteiger partial charge in [-0.1, -0.05) is 6.07 Å². The number of pyridine rings is 2. The molecule has 5 rings (SSSR count). The Kier molecular flexibility index (Phi) is 4.40. The molecule has 5 nitrogen and oxygen atoms in total. The molecule has 2 aliphatic rings. The molecule has 0 aromatic carbocycles. The molecule has 0 N–H and O–H groups in total. The Hall–Kier alpha value is -2.31. The summed E-state index contributed by atoms with van der Waals surface area (Å²) in [6.45, 7) is 8.03. The topological polar surface area (TPSA) is 51.0 Å². The number of likely N-dealkylation sites (tertiary alicyclic amines) is 1. The predicted octanol–water partition coefficient (Wildman–Crippen LogP) is 3.60. The van der Waals surface area contributed by atoms with Crippen LogP contribution in [0.2, 0.25) is 0 Å². The molecule has 0 amide bonds. The van der Waals surface area contributed by atoms with E-state index in [0.717, 1.165) is 48.1 Å². The molecule has 0 spiro atoms. The summed E-state index contributed by atoms with van der Waals surface area (Å²) in [6, 6.07) is 9.78. The maximum atomic E-state index is 12.8. The fourth-order valence-corrected chi connectivity index (χ4v) is 5.77. The van der Waals surface area contributed by atoms with E-state index in [2.05, 4.69) is 34.8 Å². The second kappa shape index (κ2) is 6.94. The first-order valence-corrected chi connectivity index (χ1v) is 10.7. The van der Waals surface area contributed by atoms with E-state index in [1.807, 2.05) is 34.1 Å². The minimum absolute atomic E-state index is 0.107. The SMILES string of the molecule is Cc1nc(C)c(CN2C[C@@H]3C[C@H](C2)c2cc(-c4ccccn4)cc(=O)n2C3)s1. The number of piperidine rings is 1. The van der Waals surface area contributed by atoms with Crippen molar-refractivity contribution in [1.82, 2.24) is 19.4 Å². The Morgan fingerprint density at radius 3 is 2.82 bits per heavy atom. The van der Waals surface area contributed by atoms with Crippen LogP contribution in [0.4, 0.5) is 0 Å². The van der Waals surface area contributed by atoms with E-state index in [9.17, 15) is 4.79 Å². The van der Waals surface area contributed by atoms with Gasteiger partial charge in [-0.15, -0.1) is 11.3 Å². The van der Waals surface area contributed by atoms with Crippen molar-refractivity contribution in [2.45, 2.75) is 39.3 Å². The van der Waals surface area contributed by atoms with Gasteiger partial charge in [0.15, 0.2) is 0 Å². The van der Waals surface area contributed by atoms with Crippen molar-refractivity contribution >= 4 is 11.3 Å². The highest BCUT2D eigenvalue weighted by atomic mass is 32.1. The molecule has 3 aromatic heterocycles. The summed E-state index contributed by atoms with van der Waals surface area (Å²) >= 11 is 1.81. The third-order valence-corrected chi connectivity index (χ3v) is 7.02. The number of hydrogen-bond acceptors (Lipinski definition) is 5. The van der Waals surface area contributed by atoms with Gasteiger partial charge in [0.2, 0.25) is 0 Å². The summed E-state index contributed by atoms with van der Waals surface area (Å²) in [6.07, 6.45) is 2.95. The van der Waals surface area contributed by atoms with Gasteiger partial charge in [0.05, 0.1) is 16.4 Å². The van der Waals surface area contributed by atoms with Crippen molar-refractivity contribution in [1.29, 1.82) is 0 Å². The normalized spacial score (nSPS) is 21.5. The van der Waals surface area contributed by atoms with Crippen LogP contribution >= 0.6 is 11.3 Å². The lowest BCUT2D eigenvalue weighted by atomic mass is 9.82. The van der Waals surface area contributed by atoms with Crippen LogP contribution in [0.1, 0.15) is 33.6 Å². The minimum Gasteiger partial charge on any atom is -0.312 e. The van der Waals surface area contributed by atoms with Crippen molar-refractivity contribution < 1.29 is 0 Å². The first-order chi connectivity index (χ1) is 13.6. The smallest absolute Gasteiger partial charge is 0.251 e. The molecular formula is C22H24N4OS. The third-order valence-electron chi connectivity index (χ3n) is 5.96. The van der Waals surface area contributed by atoms with Gasteiger partial charge < -0.3 is 4.57 Å². The van der Waals surface area contributed by atoms with Gasteiger partial charge in [-0.3, -0.25) is 14.7 Å². The van der Waals surface area contributed by atoms with Crippen LogP contribution in [-0.2, 0) is 13.1 Å². The van der Waals surface area contributed by atoms with E-state index < -0.39 is 0 Å². The molecule has 0 unspecified atom stereocenters. The summed E-state index contributed by atoms with van der Waals surface area (Å²) in [4.78, 5) is 25.8. The first-order valence-electron chi connectivity index (χ1n) is 9.88. The van der Waals surface area contributed by atoms with Gasteiger partial charge in [-0.25, -0.2) is 4.98 Å². The van der Waals surface area contributed by atoms with Crippen molar-refractivity contribution in [2.75, 3.05) is 13.1 Å². The fourth-order valence-electron chi connectivity index (χ4n) is 4.79. The Balaban J connectivity index is 1.46. The number of rotatable bonds is 3. The van der Waals surface area contributed by atoms with Gasteiger partial charge in [-0.05, 0) is 44.4 Å². The number of hydrogen-bond donors (Lipinski definition) is 0. The molecule has 1 saturated heterocycles. The quantitative estimate of drug-likeness (QED) is 0.683. The number of thiazole rings is 1. The Morgan fingerprint density at radius 1 is 1.18 bits per heavy atom. The fraction of sp³-hybridized carbons (Fsp3) is 0.409. The van der Waals surface area contributed by atoms with Crippen molar-refractivity contribution in [3.05, 3.63) is 68.2 Å². The molecule has 3 aromatic rings. The maximum absolute atomic E-state index is 12.8. The summed E-state index contributed by atoms with van der Waals surface area (Å²) < 4.78 is 2.00. The van der Waals surface area contributed by atoms with Gasteiger partial charge in [0.1, 0.15) is 0 Å². The monoisotopic (exact) mass is 392 g/mol. The van der Waals surface area contributed by atoms with E-state index >= 15 is 0 Å². The highest BCUT2D eigenvalue weighted by molar-refractivity contribution is 7.11. The predicted molar refractivity (Wildman–Crippen MR) is 112 cm³/mol. The molecule has 144 valence electrons. The van der Waals surface area contributed by atoms with Crippen LogP contribution in [0.25, 0.3) is 11.3 Å². The molecule has 1 fully saturated rings.